The van der Waals surface area contributed by atoms with Crippen LogP contribution in [0, 0.1) is 0 Å². The number of aromatic nitrogens is 4. The minimum atomic E-state index is 0.686. The molecular formula is C12H17N5. The van der Waals surface area contributed by atoms with Gasteiger partial charge in [-0.25, -0.2) is 15.0 Å². The van der Waals surface area contributed by atoms with Crippen molar-refractivity contribution in [2.24, 2.45) is 0 Å². The molecule has 0 saturated carbocycles. The molecule has 5 nitrogen and oxygen atoms in total. The number of hydrogen-bond acceptors (Lipinski definition) is 4. The maximum absolute atomic E-state index is 4.35. The van der Waals surface area contributed by atoms with E-state index in [0.29, 0.717) is 5.95 Å². The van der Waals surface area contributed by atoms with Gasteiger partial charge in [0.2, 0.25) is 5.95 Å². The number of aryl methyl sites for hydroxylation is 1. The van der Waals surface area contributed by atoms with E-state index >= 15 is 0 Å². The standard InChI is InChI=1S/C12H17N5/c1-3-4-11-14-5-6-17(11)12-15-8-10(7-13-2)9-16-12/h5-6,8-9,13H,3-4,7H2,1-2H3. The van der Waals surface area contributed by atoms with Crippen LogP contribution in [0.4, 0.5) is 0 Å². The second-order valence-electron chi connectivity index (χ2n) is 3.89. The van der Waals surface area contributed by atoms with Gasteiger partial charge in [-0.3, -0.25) is 4.57 Å². The third-order valence-corrected chi connectivity index (χ3v) is 2.48. The normalized spacial score (nSPS) is 10.7. The van der Waals surface area contributed by atoms with Gasteiger partial charge in [-0.15, -0.1) is 0 Å². The van der Waals surface area contributed by atoms with Crippen molar-refractivity contribution in [2.45, 2.75) is 26.3 Å². The number of hydrogen-bond donors (Lipinski definition) is 1. The highest BCUT2D eigenvalue weighted by Gasteiger charge is 2.06. The predicted octanol–water partition coefficient (Wildman–Crippen LogP) is 1.33. The van der Waals surface area contributed by atoms with Crippen LogP contribution in [0.1, 0.15) is 24.7 Å². The molecule has 0 fully saturated rings. The zero-order chi connectivity index (χ0) is 12.1. The van der Waals surface area contributed by atoms with E-state index in [4.69, 9.17) is 0 Å². The van der Waals surface area contributed by atoms with Gasteiger partial charge in [0.1, 0.15) is 5.82 Å². The fourth-order valence-electron chi connectivity index (χ4n) is 1.69. The van der Waals surface area contributed by atoms with Crippen molar-refractivity contribution in [1.29, 1.82) is 0 Å². The summed E-state index contributed by atoms with van der Waals surface area (Å²) in [5.74, 6) is 1.69. The zero-order valence-corrected chi connectivity index (χ0v) is 10.2. The first-order valence-corrected chi connectivity index (χ1v) is 5.83. The van der Waals surface area contributed by atoms with Crippen LogP contribution in [0.5, 0.6) is 0 Å². The number of rotatable bonds is 5. The van der Waals surface area contributed by atoms with Crippen LogP contribution < -0.4 is 5.32 Å². The fourth-order valence-corrected chi connectivity index (χ4v) is 1.69. The fraction of sp³-hybridized carbons (Fsp3) is 0.417. The smallest absolute Gasteiger partial charge is 0.235 e. The van der Waals surface area contributed by atoms with E-state index < -0.39 is 0 Å². The molecule has 0 aliphatic rings. The summed E-state index contributed by atoms with van der Waals surface area (Å²) < 4.78 is 1.94. The molecule has 0 spiro atoms. The Morgan fingerprint density at radius 2 is 2.00 bits per heavy atom. The van der Waals surface area contributed by atoms with Crippen molar-refractivity contribution in [1.82, 2.24) is 24.8 Å². The molecule has 0 saturated heterocycles. The van der Waals surface area contributed by atoms with Gasteiger partial charge in [-0.2, -0.15) is 0 Å². The molecule has 2 rings (SSSR count). The molecule has 17 heavy (non-hydrogen) atoms. The predicted molar refractivity (Wildman–Crippen MR) is 65.9 cm³/mol. The van der Waals surface area contributed by atoms with Gasteiger partial charge in [-0.1, -0.05) is 6.92 Å². The highest BCUT2D eigenvalue weighted by atomic mass is 15.2. The van der Waals surface area contributed by atoms with E-state index in [-0.39, 0.29) is 0 Å². The van der Waals surface area contributed by atoms with Gasteiger partial charge < -0.3 is 5.32 Å². The topological polar surface area (TPSA) is 55.6 Å². The Hall–Kier alpha value is -1.75. The lowest BCUT2D eigenvalue weighted by molar-refractivity contribution is 0.768. The monoisotopic (exact) mass is 231 g/mol. The number of nitrogens with one attached hydrogen (secondary N) is 1. The molecule has 0 aromatic carbocycles. The molecule has 0 aliphatic carbocycles. The van der Waals surface area contributed by atoms with E-state index in [1.807, 2.05) is 30.2 Å². The van der Waals surface area contributed by atoms with Gasteiger partial charge in [0.05, 0.1) is 0 Å². The van der Waals surface area contributed by atoms with Gasteiger partial charge in [0, 0.05) is 43.3 Å². The Morgan fingerprint density at radius 3 is 2.65 bits per heavy atom. The molecule has 2 heterocycles. The number of imidazole rings is 1. The van der Waals surface area contributed by atoms with Crippen molar-refractivity contribution in [3.05, 3.63) is 36.2 Å². The van der Waals surface area contributed by atoms with Crippen LogP contribution >= 0.6 is 0 Å². The molecule has 90 valence electrons. The van der Waals surface area contributed by atoms with Crippen molar-refractivity contribution < 1.29 is 0 Å². The van der Waals surface area contributed by atoms with Gasteiger partial charge >= 0.3 is 0 Å². The summed E-state index contributed by atoms with van der Waals surface area (Å²) in [7, 11) is 1.91. The second kappa shape index (κ2) is 5.54. The van der Waals surface area contributed by atoms with Crippen LogP contribution in [0.25, 0.3) is 5.95 Å². The van der Waals surface area contributed by atoms with Crippen molar-refractivity contribution in [3.63, 3.8) is 0 Å². The van der Waals surface area contributed by atoms with Crippen molar-refractivity contribution in [3.8, 4) is 5.95 Å². The first-order chi connectivity index (χ1) is 8.35. The third-order valence-electron chi connectivity index (χ3n) is 2.48. The van der Waals surface area contributed by atoms with Crippen molar-refractivity contribution >= 4 is 0 Å². The molecular weight excluding hydrogens is 214 g/mol. The lowest BCUT2D eigenvalue weighted by Gasteiger charge is -2.05. The molecule has 0 atom stereocenters. The molecule has 2 aromatic heterocycles. The maximum Gasteiger partial charge on any atom is 0.235 e. The zero-order valence-electron chi connectivity index (χ0n) is 10.2. The summed E-state index contributed by atoms with van der Waals surface area (Å²) in [6.45, 7) is 2.92. The van der Waals surface area contributed by atoms with E-state index in [1.165, 1.54) is 0 Å². The van der Waals surface area contributed by atoms with E-state index in [2.05, 4.69) is 27.2 Å². The van der Waals surface area contributed by atoms with Crippen LogP contribution in [-0.2, 0) is 13.0 Å². The Bertz CT molecular complexity index is 460. The molecule has 0 aliphatic heterocycles. The lowest BCUT2D eigenvalue weighted by atomic mass is 10.3. The van der Waals surface area contributed by atoms with Crippen LogP contribution in [-0.4, -0.2) is 26.6 Å². The largest absolute Gasteiger partial charge is 0.316 e. The van der Waals surface area contributed by atoms with Crippen LogP contribution in [0.2, 0.25) is 0 Å². The molecule has 0 bridgehead atoms. The molecule has 0 radical (unpaired) electrons. The van der Waals surface area contributed by atoms with Crippen LogP contribution in [0.15, 0.2) is 24.8 Å². The molecule has 5 heteroatoms. The Morgan fingerprint density at radius 1 is 1.24 bits per heavy atom. The van der Waals surface area contributed by atoms with Gasteiger partial charge in [-0.05, 0) is 13.5 Å². The Balaban J connectivity index is 2.23. The molecule has 0 unspecified atom stereocenters. The molecule has 1 N–H and O–H groups in total. The van der Waals surface area contributed by atoms with Crippen LogP contribution in [0.3, 0.4) is 0 Å². The average Bonchev–Trinajstić information content (AvgIpc) is 2.79. The maximum atomic E-state index is 4.35. The highest BCUT2D eigenvalue weighted by Crippen LogP contribution is 2.07. The number of nitrogens with zero attached hydrogens (tertiary/aromatic N) is 4. The van der Waals surface area contributed by atoms with E-state index in [0.717, 1.165) is 30.8 Å². The minimum Gasteiger partial charge on any atom is -0.316 e. The van der Waals surface area contributed by atoms with E-state index in [1.54, 1.807) is 6.20 Å². The Kier molecular flexibility index (Phi) is 3.82. The molecule has 0 amide bonds. The molecule has 2 aromatic rings. The summed E-state index contributed by atoms with van der Waals surface area (Å²) in [4.78, 5) is 13.0. The summed E-state index contributed by atoms with van der Waals surface area (Å²) in [5, 5.41) is 3.07. The quantitative estimate of drug-likeness (QED) is 0.843. The SMILES string of the molecule is CCCc1nccn1-c1ncc(CNC)cn1. The summed E-state index contributed by atoms with van der Waals surface area (Å²) >= 11 is 0. The van der Waals surface area contributed by atoms with Gasteiger partial charge in [0.25, 0.3) is 0 Å². The summed E-state index contributed by atoms with van der Waals surface area (Å²) in [6, 6.07) is 0. The first kappa shape index (κ1) is 11.7. The highest BCUT2D eigenvalue weighted by molar-refractivity contribution is 5.17. The summed E-state index contributed by atoms with van der Waals surface area (Å²) in [5.41, 5.74) is 1.08. The third kappa shape index (κ3) is 2.68. The average molecular weight is 231 g/mol. The second-order valence-corrected chi connectivity index (χ2v) is 3.89. The van der Waals surface area contributed by atoms with Crippen molar-refractivity contribution in [2.75, 3.05) is 7.05 Å². The lowest BCUT2D eigenvalue weighted by Crippen LogP contribution is -2.09. The van der Waals surface area contributed by atoms with E-state index in [9.17, 15) is 0 Å². The Labute approximate surface area is 101 Å². The summed E-state index contributed by atoms with van der Waals surface area (Å²) in [6.07, 6.45) is 9.38. The van der Waals surface area contributed by atoms with Gasteiger partial charge in [0.15, 0.2) is 0 Å². The minimum absolute atomic E-state index is 0.686. The first-order valence-electron chi connectivity index (χ1n) is 5.83.